The quantitative estimate of drug-likeness (QED) is 0.419. The van der Waals surface area contributed by atoms with Gasteiger partial charge in [0.15, 0.2) is 6.61 Å². The zero-order chi connectivity index (χ0) is 20.9. The molecule has 4 nitrogen and oxygen atoms in total. The third-order valence-electron chi connectivity index (χ3n) is 5.14. The number of halogens is 1. The van der Waals surface area contributed by atoms with Crippen molar-refractivity contribution in [1.29, 1.82) is 0 Å². The molecule has 1 heterocycles. The van der Waals surface area contributed by atoms with Crippen LogP contribution in [-0.2, 0) is 4.79 Å². The van der Waals surface area contributed by atoms with E-state index >= 15 is 0 Å². The number of fused-ring (bicyclic) bond motifs is 1. The summed E-state index contributed by atoms with van der Waals surface area (Å²) in [7, 11) is 0. The topological polar surface area (TPSA) is 54.1 Å². The van der Waals surface area contributed by atoms with E-state index in [1.54, 1.807) is 0 Å². The van der Waals surface area contributed by atoms with Crippen molar-refractivity contribution >= 4 is 28.4 Å². The van der Waals surface area contributed by atoms with Gasteiger partial charge < -0.3 is 15.0 Å². The number of ether oxygens (including phenoxy) is 1. The lowest BCUT2D eigenvalue weighted by Gasteiger charge is -2.19. The summed E-state index contributed by atoms with van der Waals surface area (Å²) in [6.45, 7) is 2.37. The van der Waals surface area contributed by atoms with Gasteiger partial charge in [-0.2, -0.15) is 0 Å². The molecule has 1 aromatic heterocycles. The Labute approximate surface area is 180 Å². The van der Waals surface area contributed by atoms with Gasteiger partial charge in [0.05, 0.1) is 0 Å². The number of benzene rings is 3. The highest BCUT2D eigenvalue weighted by Crippen LogP contribution is 2.34. The van der Waals surface area contributed by atoms with Gasteiger partial charge in [0, 0.05) is 34.6 Å². The van der Waals surface area contributed by atoms with Crippen molar-refractivity contribution < 1.29 is 9.53 Å². The van der Waals surface area contributed by atoms with E-state index in [-0.39, 0.29) is 18.4 Å². The molecule has 4 rings (SSSR count). The molecule has 1 atom stereocenters. The van der Waals surface area contributed by atoms with Crippen molar-refractivity contribution in [2.75, 3.05) is 13.2 Å². The molecule has 4 aromatic rings. The number of aromatic amines is 1. The minimum Gasteiger partial charge on any atom is -0.484 e. The summed E-state index contributed by atoms with van der Waals surface area (Å²) in [4.78, 5) is 15.8. The van der Waals surface area contributed by atoms with Crippen LogP contribution in [0.1, 0.15) is 22.6 Å². The van der Waals surface area contributed by atoms with Crippen LogP contribution in [0.4, 0.5) is 0 Å². The predicted molar refractivity (Wildman–Crippen MR) is 121 cm³/mol. The molecule has 0 fully saturated rings. The Balaban J connectivity index is 1.52. The minimum absolute atomic E-state index is 0.0351. The van der Waals surface area contributed by atoms with Crippen molar-refractivity contribution in [3.05, 3.63) is 101 Å². The lowest BCUT2D eigenvalue weighted by atomic mass is 9.91. The van der Waals surface area contributed by atoms with E-state index in [0.717, 1.165) is 27.6 Å². The van der Waals surface area contributed by atoms with Crippen LogP contribution in [0.2, 0.25) is 5.02 Å². The van der Waals surface area contributed by atoms with Crippen LogP contribution >= 0.6 is 11.6 Å². The number of carbonyl (C=O) groups excluding carboxylic acids is 1. The molecule has 0 bridgehead atoms. The summed E-state index contributed by atoms with van der Waals surface area (Å²) in [6, 6.07) is 23.5. The number of H-pyrrole nitrogens is 1. The molecule has 1 amide bonds. The standard InChI is InChI=1S/C25H23ClN2O2/c1-17-7-6-8-18(13-17)30-16-25(29)28-15-21(19-9-2-4-11-23(19)26)22-14-27-24-12-5-3-10-20(22)24/h2-14,21,27H,15-16H2,1H3,(H,28,29)/t21-/m0/s1. The van der Waals surface area contributed by atoms with Crippen LogP contribution in [0.5, 0.6) is 5.75 Å². The highest BCUT2D eigenvalue weighted by molar-refractivity contribution is 6.31. The Morgan fingerprint density at radius 2 is 1.83 bits per heavy atom. The number of hydrogen-bond acceptors (Lipinski definition) is 2. The molecule has 5 heteroatoms. The molecule has 3 aromatic carbocycles. The number of aromatic nitrogens is 1. The molecule has 0 aliphatic carbocycles. The first kappa shape index (κ1) is 20.0. The summed E-state index contributed by atoms with van der Waals surface area (Å²) in [6.07, 6.45) is 1.99. The van der Waals surface area contributed by atoms with E-state index in [0.29, 0.717) is 17.3 Å². The highest BCUT2D eigenvalue weighted by atomic mass is 35.5. The number of nitrogens with one attached hydrogen (secondary N) is 2. The summed E-state index contributed by atoms with van der Waals surface area (Å²) in [5, 5.41) is 4.81. The Kier molecular flexibility index (Phi) is 6.05. The van der Waals surface area contributed by atoms with Gasteiger partial charge in [0.2, 0.25) is 0 Å². The van der Waals surface area contributed by atoms with Gasteiger partial charge in [-0.25, -0.2) is 0 Å². The lowest BCUT2D eigenvalue weighted by Crippen LogP contribution is -2.32. The third-order valence-corrected chi connectivity index (χ3v) is 5.48. The molecule has 0 saturated heterocycles. The van der Waals surface area contributed by atoms with Crippen molar-refractivity contribution in [3.8, 4) is 5.75 Å². The first-order valence-corrected chi connectivity index (χ1v) is 10.3. The summed E-state index contributed by atoms with van der Waals surface area (Å²) >= 11 is 6.51. The fraction of sp³-hybridized carbons (Fsp3) is 0.160. The molecule has 152 valence electrons. The molecule has 0 spiro atoms. The molecule has 0 saturated carbocycles. The molecule has 0 aliphatic heterocycles. The number of carbonyl (C=O) groups is 1. The number of aryl methyl sites for hydroxylation is 1. The van der Waals surface area contributed by atoms with Crippen LogP contribution in [0.3, 0.4) is 0 Å². The minimum atomic E-state index is -0.173. The predicted octanol–water partition coefficient (Wildman–Crippen LogP) is 5.46. The van der Waals surface area contributed by atoms with Gasteiger partial charge in [-0.15, -0.1) is 0 Å². The number of rotatable bonds is 7. The number of para-hydroxylation sites is 1. The largest absolute Gasteiger partial charge is 0.484 e. The van der Waals surface area contributed by atoms with Crippen molar-refractivity contribution in [1.82, 2.24) is 10.3 Å². The molecule has 2 N–H and O–H groups in total. The van der Waals surface area contributed by atoms with Crippen LogP contribution in [0, 0.1) is 6.92 Å². The smallest absolute Gasteiger partial charge is 0.257 e. The van der Waals surface area contributed by atoms with Gasteiger partial charge in [-0.05, 0) is 47.9 Å². The van der Waals surface area contributed by atoms with E-state index in [2.05, 4.69) is 16.4 Å². The van der Waals surface area contributed by atoms with Crippen LogP contribution in [0.25, 0.3) is 10.9 Å². The number of hydrogen-bond donors (Lipinski definition) is 2. The summed E-state index contributed by atoms with van der Waals surface area (Å²) in [5.41, 5.74) is 4.21. The van der Waals surface area contributed by atoms with E-state index in [9.17, 15) is 4.79 Å². The van der Waals surface area contributed by atoms with Crippen molar-refractivity contribution in [3.63, 3.8) is 0 Å². The Bertz CT molecular complexity index is 1170. The van der Waals surface area contributed by atoms with Crippen molar-refractivity contribution in [2.45, 2.75) is 12.8 Å². The second-order valence-electron chi connectivity index (χ2n) is 7.27. The van der Waals surface area contributed by atoms with Crippen LogP contribution < -0.4 is 10.1 Å². The van der Waals surface area contributed by atoms with E-state index < -0.39 is 0 Å². The van der Waals surface area contributed by atoms with Crippen molar-refractivity contribution in [2.24, 2.45) is 0 Å². The second-order valence-corrected chi connectivity index (χ2v) is 7.68. The molecule has 30 heavy (non-hydrogen) atoms. The maximum Gasteiger partial charge on any atom is 0.257 e. The van der Waals surface area contributed by atoms with Gasteiger partial charge >= 0.3 is 0 Å². The Hall–Kier alpha value is -3.24. The van der Waals surface area contributed by atoms with E-state index in [1.807, 2.05) is 79.9 Å². The zero-order valence-electron chi connectivity index (χ0n) is 16.7. The fourth-order valence-corrected chi connectivity index (χ4v) is 3.92. The van der Waals surface area contributed by atoms with E-state index in [4.69, 9.17) is 16.3 Å². The molecule has 0 unspecified atom stereocenters. The lowest BCUT2D eigenvalue weighted by molar-refractivity contribution is -0.123. The highest BCUT2D eigenvalue weighted by Gasteiger charge is 2.21. The first-order valence-electron chi connectivity index (χ1n) is 9.88. The first-order chi connectivity index (χ1) is 14.6. The normalized spacial score (nSPS) is 11.9. The Morgan fingerprint density at radius 3 is 2.67 bits per heavy atom. The maximum atomic E-state index is 12.5. The molecule has 0 aliphatic rings. The molecular weight excluding hydrogens is 396 g/mol. The van der Waals surface area contributed by atoms with Gasteiger partial charge in [-0.3, -0.25) is 4.79 Å². The molecule has 0 radical (unpaired) electrons. The molecular formula is C25H23ClN2O2. The maximum absolute atomic E-state index is 12.5. The van der Waals surface area contributed by atoms with E-state index in [1.165, 1.54) is 0 Å². The fourth-order valence-electron chi connectivity index (χ4n) is 3.65. The monoisotopic (exact) mass is 418 g/mol. The van der Waals surface area contributed by atoms with Gasteiger partial charge in [0.1, 0.15) is 5.75 Å². The average molecular weight is 419 g/mol. The van der Waals surface area contributed by atoms with Crippen LogP contribution in [-0.4, -0.2) is 24.0 Å². The summed E-state index contributed by atoms with van der Waals surface area (Å²) in [5.74, 6) is 0.426. The Morgan fingerprint density at radius 1 is 1.03 bits per heavy atom. The third kappa shape index (κ3) is 4.50. The second kappa shape index (κ2) is 9.06. The van der Waals surface area contributed by atoms with Crippen LogP contribution in [0.15, 0.2) is 79.0 Å². The zero-order valence-corrected chi connectivity index (χ0v) is 17.4. The average Bonchev–Trinajstić information content (AvgIpc) is 3.18. The van der Waals surface area contributed by atoms with Gasteiger partial charge in [0.25, 0.3) is 5.91 Å². The number of amides is 1. The SMILES string of the molecule is Cc1cccc(OCC(=O)NC[C@@H](c2ccccc2Cl)c2c[nH]c3ccccc23)c1. The summed E-state index contributed by atoms with van der Waals surface area (Å²) < 4.78 is 5.63. The van der Waals surface area contributed by atoms with Gasteiger partial charge in [-0.1, -0.05) is 60.1 Å².